The Labute approximate surface area is 93.9 Å². The Morgan fingerprint density at radius 2 is 2.38 bits per heavy atom. The van der Waals surface area contributed by atoms with Crippen LogP contribution in [0.5, 0.6) is 0 Å². The lowest BCUT2D eigenvalue weighted by Gasteiger charge is -2.01. The molecule has 0 saturated carbocycles. The van der Waals surface area contributed by atoms with E-state index in [1.54, 1.807) is 13.1 Å². The predicted octanol–water partition coefficient (Wildman–Crippen LogP) is 0.914. The van der Waals surface area contributed by atoms with Gasteiger partial charge < -0.3 is 10.5 Å². The van der Waals surface area contributed by atoms with E-state index in [1.165, 1.54) is 0 Å². The van der Waals surface area contributed by atoms with Crippen LogP contribution >= 0.6 is 0 Å². The number of rotatable bonds is 5. The maximum absolute atomic E-state index is 11.1. The lowest BCUT2D eigenvalue weighted by molar-refractivity contribution is -0.141. The molecule has 6 nitrogen and oxygen atoms in total. The van der Waals surface area contributed by atoms with Crippen LogP contribution in [-0.4, -0.2) is 28.6 Å². The van der Waals surface area contributed by atoms with Gasteiger partial charge in [-0.3, -0.25) is 9.89 Å². The molecule has 0 aliphatic heterocycles. The first kappa shape index (κ1) is 12.2. The quantitative estimate of drug-likeness (QED) is 0.441. The average Bonchev–Trinajstić information content (AvgIpc) is 2.65. The number of amidine groups is 1. The molecular formula is C10H16N4O2. The zero-order chi connectivity index (χ0) is 12.0. The van der Waals surface area contributed by atoms with Crippen molar-refractivity contribution < 1.29 is 9.53 Å². The van der Waals surface area contributed by atoms with E-state index in [9.17, 15) is 4.79 Å². The highest BCUT2D eigenvalue weighted by molar-refractivity contribution is 5.97. The Bertz CT molecular complexity index is 384. The van der Waals surface area contributed by atoms with Gasteiger partial charge in [-0.2, -0.15) is 5.10 Å². The second-order valence-electron chi connectivity index (χ2n) is 3.18. The average molecular weight is 224 g/mol. The van der Waals surface area contributed by atoms with Gasteiger partial charge >= 0.3 is 5.97 Å². The number of nitrogens with one attached hydrogen (secondary N) is 1. The second kappa shape index (κ2) is 5.89. The van der Waals surface area contributed by atoms with Crippen molar-refractivity contribution in [2.45, 2.75) is 26.7 Å². The first-order valence-corrected chi connectivity index (χ1v) is 5.18. The smallest absolute Gasteiger partial charge is 0.313 e. The molecule has 0 saturated heterocycles. The van der Waals surface area contributed by atoms with Gasteiger partial charge in [0, 0.05) is 5.56 Å². The molecule has 1 aromatic rings. The normalized spacial score (nSPS) is 11.5. The molecule has 88 valence electrons. The molecular weight excluding hydrogens is 208 g/mol. The van der Waals surface area contributed by atoms with Gasteiger partial charge in [0.1, 0.15) is 12.3 Å². The van der Waals surface area contributed by atoms with Crippen LogP contribution in [0.3, 0.4) is 0 Å². The van der Waals surface area contributed by atoms with Crippen LogP contribution in [0, 0.1) is 0 Å². The van der Waals surface area contributed by atoms with Gasteiger partial charge in [-0.15, -0.1) is 0 Å². The maximum atomic E-state index is 11.1. The fraction of sp³-hybridized carbons (Fsp3) is 0.500. The predicted molar refractivity (Wildman–Crippen MR) is 60.5 cm³/mol. The lowest BCUT2D eigenvalue weighted by atomic mass is 10.2. The Morgan fingerprint density at radius 1 is 1.62 bits per heavy atom. The number of carbonyl (C=O) groups excluding carboxylic acids is 1. The van der Waals surface area contributed by atoms with Crippen molar-refractivity contribution in [1.82, 2.24) is 10.2 Å². The highest BCUT2D eigenvalue weighted by atomic mass is 16.5. The van der Waals surface area contributed by atoms with Crippen molar-refractivity contribution in [3.8, 4) is 0 Å². The van der Waals surface area contributed by atoms with Gasteiger partial charge in [-0.25, -0.2) is 4.99 Å². The number of nitrogens with zero attached hydrogens (tertiary/aromatic N) is 2. The monoisotopic (exact) mass is 224 g/mol. The summed E-state index contributed by atoms with van der Waals surface area (Å²) in [6.07, 6.45) is 2.49. The first-order valence-electron chi connectivity index (χ1n) is 5.18. The van der Waals surface area contributed by atoms with Crippen molar-refractivity contribution in [3.63, 3.8) is 0 Å². The highest BCUT2D eigenvalue weighted by Crippen LogP contribution is 2.15. The molecule has 0 spiro atoms. The van der Waals surface area contributed by atoms with Crippen LogP contribution in [0.25, 0.3) is 0 Å². The molecule has 0 radical (unpaired) electrons. The number of hydrogen-bond acceptors (Lipinski definition) is 4. The van der Waals surface area contributed by atoms with Crippen molar-refractivity contribution in [1.29, 1.82) is 0 Å². The molecule has 6 heteroatoms. The molecule has 0 unspecified atom stereocenters. The third-order valence-electron chi connectivity index (χ3n) is 1.96. The minimum absolute atomic E-state index is 0.00395. The van der Waals surface area contributed by atoms with E-state index in [-0.39, 0.29) is 18.2 Å². The fourth-order valence-electron chi connectivity index (χ4n) is 1.20. The number of hydrogen-bond donors (Lipinski definition) is 2. The number of H-pyrrole nitrogens is 1. The summed E-state index contributed by atoms with van der Waals surface area (Å²) in [4.78, 5) is 15.2. The Morgan fingerprint density at radius 3 is 3.00 bits per heavy atom. The largest absolute Gasteiger partial charge is 0.466 e. The summed E-state index contributed by atoms with van der Waals surface area (Å²) in [5.41, 5.74) is 6.59. The minimum atomic E-state index is -0.374. The standard InChI is InChI=1S/C10H16N4O2/c1-3-7-6-12-14-10(7)13-8(11)5-9(15)16-4-2/h6H,3-5H2,1-2H3,(H3,11,12,13,14). The maximum Gasteiger partial charge on any atom is 0.313 e. The summed E-state index contributed by atoms with van der Waals surface area (Å²) in [7, 11) is 0. The Balaban J connectivity index is 2.66. The van der Waals surface area contributed by atoms with E-state index in [0.29, 0.717) is 12.4 Å². The number of esters is 1. The van der Waals surface area contributed by atoms with Crippen LogP contribution in [-0.2, 0) is 16.0 Å². The number of aliphatic imine (C=N–C) groups is 1. The molecule has 0 aromatic carbocycles. The van der Waals surface area contributed by atoms with Crippen LogP contribution < -0.4 is 5.73 Å². The Hall–Kier alpha value is -1.85. The molecule has 0 aliphatic carbocycles. The summed E-state index contributed by atoms with van der Waals surface area (Å²) in [5, 5.41) is 6.58. The first-order chi connectivity index (χ1) is 7.67. The summed E-state index contributed by atoms with van der Waals surface area (Å²) in [6.45, 7) is 4.08. The molecule has 0 aliphatic rings. The molecule has 0 amide bonds. The summed E-state index contributed by atoms with van der Waals surface area (Å²) < 4.78 is 4.76. The van der Waals surface area contributed by atoms with E-state index in [4.69, 9.17) is 10.5 Å². The Kier molecular flexibility index (Phi) is 4.50. The van der Waals surface area contributed by atoms with Gasteiger partial charge in [0.05, 0.1) is 12.8 Å². The van der Waals surface area contributed by atoms with Crippen molar-refractivity contribution >= 4 is 17.6 Å². The van der Waals surface area contributed by atoms with Gasteiger partial charge in [0.15, 0.2) is 5.82 Å². The van der Waals surface area contributed by atoms with E-state index in [1.807, 2.05) is 6.92 Å². The third kappa shape index (κ3) is 3.38. The van der Waals surface area contributed by atoms with Crippen molar-refractivity contribution in [3.05, 3.63) is 11.8 Å². The summed E-state index contributed by atoms with van der Waals surface area (Å²) in [5.74, 6) is 0.447. The molecule has 1 aromatic heterocycles. The second-order valence-corrected chi connectivity index (χ2v) is 3.18. The van der Waals surface area contributed by atoms with E-state index >= 15 is 0 Å². The molecule has 3 N–H and O–H groups in total. The molecule has 0 atom stereocenters. The number of aryl methyl sites for hydroxylation is 1. The topological polar surface area (TPSA) is 93.4 Å². The van der Waals surface area contributed by atoms with E-state index in [2.05, 4.69) is 15.2 Å². The van der Waals surface area contributed by atoms with E-state index in [0.717, 1.165) is 12.0 Å². The highest BCUT2D eigenvalue weighted by Gasteiger charge is 2.07. The number of aromatic nitrogens is 2. The minimum Gasteiger partial charge on any atom is -0.466 e. The fourth-order valence-corrected chi connectivity index (χ4v) is 1.20. The van der Waals surface area contributed by atoms with Gasteiger partial charge in [-0.05, 0) is 13.3 Å². The SMILES string of the molecule is CCOC(=O)CC(N)=Nc1[nH]ncc1CC. The van der Waals surface area contributed by atoms with Gasteiger partial charge in [0.25, 0.3) is 0 Å². The molecule has 0 bridgehead atoms. The van der Waals surface area contributed by atoms with Crippen LogP contribution in [0.1, 0.15) is 25.8 Å². The zero-order valence-electron chi connectivity index (χ0n) is 9.49. The number of carbonyl (C=O) groups is 1. The number of nitrogens with two attached hydrogens (primary N) is 1. The summed E-state index contributed by atoms with van der Waals surface area (Å²) >= 11 is 0. The van der Waals surface area contributed by atoms with Crippen molar-refractivity contribution in [2.24, 2.45) is 10.7 Å². The molecule has 1 rings (SSSR count). The zero-order valence-corrected chi connectivity index (χ0v) is 9.49. The van der Waals surface area contributed by atoms with Crippen LogP contribution in [0.2, 0.25) is 0 Å². The van der Waals surface area contributed by atoms with Crippen molar-refractivity contribution in [2.75, 3.05) is 6.61 Å². The van der Waals surface area contributed by atoms with Crippen LogP contribution in [0.4, 0.5) is 5.82 Å². The number of aromatic amines is 1. The summed E-state index contributed by atoms with van der Waals surface area (Å²) in [6, 6.07) is 0. The molecule has 0 fully saturated rings. The third-order valence-corrected chi connectivity index (χ3v) is 1.96. The number of ether oxygens (including phenoxy) is 1. The molecule has 16 heavy (non-hydrogen) atoms. The van der Waals surface area contributed by atoms with Gasteiger partial charge in [0.2, 0.25) is 0 Å². The van der Waals surface area contributed by atoms with Gasteiger partial charge in [-0.1, -0.05) is 6.92 Å². The molecule has 1 heterocycles. The van der Waals surface area contributed by atoms with Crippen LogP contribution in [0.15, 0.2) is 11.2 Å². The van der Waals surface area contributed by atoms with E-state index < -0.39 is 0 Å². The lowest BCUT2D eigenvalue weighted by Crippen LogP contribution is -2.18.